The molecule has 136 valence electrons. The molecule has 4 fully saturated rings. The van der Waals surface area contributed by atoms with Crippen molar-refractivity contribution in [3.8, 4) is 0 Å². The van der Waals surface area contributed by atoms with Crippen LogP contribution in [0.2, 0.25) is 0 Å². The molecular weight excluding hydrogens is 296 g/mol. The number of hydrogen-bond donors (Lipinski definition) is 1. The van der Waals surface area contributed by atoms with Crippen molar-refractivity contribution in [3.05, 3.63) is 0 Å². The molecule has 4 aliphatic rings. The molecule has 0 unspecified atom stereocenters. The molecule has 0 spiro atoms. The maximum Gasteiger partial charge on any atom is 0.133 e. The third-order valence-electron chi connectivity index (χ3n) is 9.44. The van der Waals surface area contributed by atoms with Gasteiger partial charge in [-0.3, -0.25) is 4.79 Å². The molecule has 4 aliphatic carbocycles. The average Bonchev–Trinajstić information content (AvgIpc) is 2.85. The van der Waals surface area contributed by atoms with Gasteiger partial charge in [0.05, 0.1) is 5.60 Å². The molecule has 0 radical (unpaired) electrons. The summed E-state index contributed by atoms with van der Waals surface area (Å²) in [6, 6.07) is 0. The summed E-state index contributed by atoms with van der Waals surface area (Å²) in [4.78, 5) is 12.2. The van der Waals surface area contributed by atoms with E-state index in [4.69, 9.17) is 0 Å². The van der Waals surface area contributed by atoms with Crippen LogP contribution in [-0.2, 0) is 4.79 Å². The Morgan fingerprint density at radius 3 is 2.29 bits per heavy atom. The van der Waals surface area contributed by atoms with Crippen LogP contribution in [0, 0.1) is 40.4 Å². The molecule has 4 saturated carbocycles. The third kappa shape index (κ3) is 2.27. The normalized spacial score (nSPS) is 57.0. The molecule has 4 rings (SSSR count). The molecule has 1 N–H and O–H groups in total. The number of carbonyl (C=O) groups excluding carboxylic acids is 1. The predicted molar refractivity (Wildman–Crippen MR) is 96.5 cm³/mol. The van der Waals surface area contributed by atoms with E-state index in [9.17, 15) is 9.90 Å². The summed E-state index contributed by atoms with van der Waals surface area (Å²) < 4.78 is 0. The minimum Gasteiger partial charge on any atom is -0.390 e. The van der Waals surface area contributed by atoms with Crippen molar-refractivity contribution < 1.29 is 9.90 Å². The number of aliphatic hydroxyl groups is 1. The smallest absolute Gasteiger partial charge is 0.133 e. The molecule has 0 aromatic rings. The molecule has 0 aromatic carbocycles. The molecule has 0 aromatic heterocycles. The number of fused-ring (bicyclic) bond motifs is 5. The lowest BCUT2D eigenvalue weighted by molar-refractivity contribution is -0.150. The summed E-state index contributed by atoms with van der Waals surface area (Å²) in [6.45, 7) is 8.85. The van der Waals surface area contributed by atoms with Crippen molar-refractivity contribution >= 4 is 5.78 Å². The summed E-state index contributed by atoms with van der Waals surface area (Å²) in [5, 5.41) is 10.6. The van der Waals surface area contributed by atoms with Gasteiger partial charge in [-0.1, -0.05) is 13.8 Å². The van der Waals surface area contributed by atoms with Gasteiger partial charge in [0, 0.05) is 5.92 Å². The molecule has 0 saturated heterocycles. The van der Waals surface area contributed by atoms with E-state index in [1.165, 1.54) is 38.5 Å². The molecule has 0 bridgehead atoms. The molecule has 2 nitrogen and oxygen atoms in total. The van der Waals surface area contributed by atoms with E-state index >= 15 is 0 Å². The molecule has 0 amide bonds. The third-order valence-corrected chi connectivity index (χ3v) is 9.44. The summed E-state index contributed by atoms with van der Waals surface area (Å²) >= 11 is 0. The highest BCUT2D eigenvalue weighted by Gasteiger charge is 2.61. The largest absolute Gasteiger partial charge is 0.390 e. The van der Waals surface area contributed by atoms with Crippen molar-refractivity contribution in [1.29, 1.82) is 0 Å². The van der Waals surface area contributed by atoms with Crippen molar-refractivity contribution in [2.75, 3.05) is 0 Å². The van der Waals surface area contributed by atoms with E-state index in [0.717, 1.165) is 37.0 Å². The van der Waals surface area contributed by atoms with Gasteiger partial charge in [0.25, 0.3) is 0 Å². The number of rotatable bonds is 1. The van der Waals surface area contributed by atoms with Crippen LogP contribution >= 0.6 is 0 Å². The second kappa shape index (κ2) is 5.32. The Morgan fingerprint density at radius 2 is 1.58 bits per heavy atom. The quantitative estimate of drug-likeness (QED) is 0.735. The van der Waals surface area contributed by atoms with Crippen LogP contribution in [0.4, 0.5) is 0 Å². The van der Waals surface area contributed by atoms with Crippen molar-refractivity contribution in [3.63, 3.8) is 0 Å². The van der Waals surface area contributed by atoms with Gasteiger partial charge in [-0.05, 0) is 106 Å². The molecule has 0 heterocycles. The Kier molecular flexibility index (Phi) is 3.78. The van der Waals surface area contributed by atoms with Crippen molar-refractivity contribution in [2.24, 2.45) is 40.4 Å². The van der Waals surface area contributed by atoms with Crippen LogP contribution in [0.1, 0.15) is 85.5 Å². The van der Waals surface area contributed by atoms with E-state index in [2.05, 4.69) is 13.8 Å². The highest BCUT2D eigenvalue weighted by molar-refractivity contribution is 5.79. The minimum atomic E-state index is -0.437. The Hall–Kier alpha value is -0.370. The van der Waals surface area contributed by atoms with Crippen molar-refractivity contribution in [2.45, 2.75) is 91.1 Å². The second-order valence-corrected chi connectivity index (χ2v) is 10.6. The number of carbonyl (C=O) groups is 1. The molecule has 0 aliphatic heterocycles. The molecule has 24 heavy (non-hydrogen) atoms. The van der Waals surface area contributed by atoms with Crippen LogP contribution < -0.4 is 0 Å². The van der Waals surface area contributed by atoms with Gasteiger partial charge in [0.1, 0.15) is 5.78 Å². The Balaban J connectivity index is 1.61. The summed E-state index contributed by atoms with van der Waals surface area (Å²) in [7, 11) is 0. The zero-order valence-corrected chi connectivity index (χ0v) is 16.1. The minimum absolute atomic E-state index is 0.274. The number of hydrogen-bond acceptors (Lipinski definition) is 2. The Labute approximate surface area is 147 Å². The lowest BCUT2D eigenvalue weighted by Crippen LogP contribution is -2.55. The summed E-state index contributed by atoms with van der Waals surface area (Å²) in [6.07, 6.45) is 10.8. The summed E-state index contributed by atoms with van der Waals surface area (Å²) in [5.74, 6) is 3.89. The lowest BCUT2D eigenvalue weighted by atomic mass is 9.44. The molecule has 2 heteroatoms. The number of Topliss-reactive ketones (excluding diaryl/α,β-unsaturated/α-hetero) is 1. The van der Waals surface area contributed by atoms with Crippen molar-refractivity contribution in [1.82, 2.24) is 0 Å². The average molecular weight is 333 g/mol. The monoisotopic (exact) mass is 332 g/mol. The van der Waals surface area contributed by atoms with Gasteiger partial charge in [-0.2, -0.15) is 0 Å². The predicted octanol–water partition coefficient (Wildman–Crippen LogP) is 4.99. The first-order chi connectivity index (χ1) is 11.2. The molecule has 8 atom stereocenters. The summed E-state index contributed by atoms with van der Waals surface area (Å²) in [5.41, 5.74) is 0.268. The first kappa shape index (κ1) is 17.1. The fourth-order valence-corrected chi connectivity index (χ4v) is 8.10. The Bertz CT molecular complexity index is 538. The SMILES string of the molecule is CC(=O)[C@H]1CC[C@H]2[C@@H]3CC[C@@H]4C[C@@](C)(O)CC[C@]4(C)[C@H]3CC[C@]12C. The molecular formula is C22H36O2. The lowest BCUT2D eigenvalue weighted by Gasteiger charge is -2.61. The first-order valence-electron chi connectivity index (χ1n) is 10.4. The van der Waals surface area contributed by atoms with Gasteiger partial charge in [-0.15, -0.1) is 0 Å². The van der Waals surface area contributed by atoms with E-state index < -0.39 is 5.60 Å². The van der Waals surface area contributed by atoms with Gasteiger partial charge in [-0.25, -0.2) is 0 Å². The fourth-order valence-electron chi connectivity index (χ4n) is 8.10. The van der Waals surface area contributed by atoms with E-state index in [1.807, 2.05) is 13.8 Å². The standard InChI is InChI=1S/C22H36O2/c1-14(23)17-7-8-18-16-6-5-15-13-20(2,24)11-12-21(15,3)19(16)9-10-22(17,18)4/h15-19,24H,5-13H2,1-4H3/t15-,16+,17-,18+,19+,20+,21+,22-/m1/s1. The zero-order chi connectivity index (χ0) is 17.3. The number of ketones is 1. The first-order valence-corrected chi connectivity index (χ1v) is 10.4. The highest BCUT2D eigenvalue weighted by atomic mass is 16.3. The second-order valence-electron chi connectivity index (χ2n) is 10.6. The van der Waals surface area contributed by atoms with E-state index in [0.29, 0.717) is 23.0 Å². The zero-order valence-electron chi connectivity index (χ0n) is 16.1. The maximum atomic E-state index is 12.2. The van der Waals surface area contributed by atoms with Crippen LogP contribution in [0.25, 0.3) is 0 Å². The Morgan fingerprint density at radius 1 is 0.875 bits per heavy atom. The van der Waals surface area contributed by atoms with Crippen LogP contribution in [-0.4, -0.2) is 16.5 Å². The van der Waals surface area contributed by atoms with Gasteiger partial charge >= 0.3 is 0 Å². The highest BCUT2D eigenvalue weighted by Crippen LogP contribution is 2.68. The maximum absolute atomic E-state index is 12.2. The van der Waals surface area contributed by atoms with E-state index in [-0.39, 0.29) is 5.41 Å². The topological polar surface area (TPSA) is 37.3 Å². The fraction of sp³-hybridized carbons (Fsp3) is 0.955. The van der Waals surface area contributed by atoms with Crippen LogP contribution in [0.3, 0.4) is 0 Å². The van der Waals surface area contributed by atoms with Gasteiger partial charge in [0.15, 0.2) is 0 Å². The van der Waals surface area contributed by atoms with Crippen LogP contribution in [0.15, 0.2) is 0 Å². The van der Waals surface area contributed by atoms with Crippen LogP contribution in [0.5, 0.6) is 0 Å². The van der Waals surface area contributed by atoms with Gasteiger partial charge < -0.3 is 5.11 Å². The van der Waals surface area contributed by atoms with Gasteiger partial charge in [0.2, 0.25) is 0 Å². The van der Waals surface area contributed by atoms with E-state index in [1.54, 1.807) is 0 Å².